The van der Waals surface area contributed by atoms with E-state index in [0.29, 0.717) is 40.1 Å². The summed E-state index contributed by atoms with van der Waals surface area (Å²) in [5, 5.41) is 7.02. The van der Waals surface area contributed by atoms with Crippen LogP contribution in [0.25, 0.3) is 16.8 Å². The zero-order valence-electron chi connectivity index (χ0n) is 18.1. The molecule has 1 aliphatic heterocycles. The van der Waals surface area contributed by atoms with Gasteiger partial charge < -0.3 is 10.1 Å². The average Bonchev–Trinajstić information content (AvgIpc) is 3.41. The maximum atomic E-state index is 14.7. The van der Waals surface area contributed by atoms with E-state index in [2.05, 4.69) is 15.4 Å². The number of aryl methyl sites for hydroxylation is 1. The molecule has 0 spiro atoms. The molecule has 3 heterocycles. The van der Waals surface area contributed by atoms with Gasteiger partial charge in [-0.1, -0.05) is 6.07 Å². The molecule has 5 rings (SSSR count). The second-order valence-electron chi connectivity index (χ2n) is 8.15. The number of nitrogens with one attached hydrogen (secondary N) is 1. The number of ether oxygens (including phenoxy) is 1. The van der Waals surface area contributed by atoms with Crippen molar-refractivity contribution >= 4 is 17.3 Å². The summed E-state index contributed by atoms with van der Waals surface area (Å²) in [6.45, 7) is 3.66. The van der Waals surface area contributed by atoms with Crippen LogP contribution < -0.4 is 10.1 Å². The van der Waals surface area contributed by atoms with Crippen molar-refractivity contribution in [3.05, 3.63) is 83.1 Å². The molecule has 1 atom stereocenters. The van der Waals surface area contributed by atoms with Gasteiger partial charge in [-0.25, -0.2) is 13.9 Å². The van der Waals surface area contributed by atoms with Crippen molar-refractivity contribution in [2.75, 3.05) is 6.54 Å². The number of carbonyl (C=O) groups excluding carboxylic acids is 2. The maximum Gasteiger partial charge on any atom is 0.256 e. The third-order valence-corrected chi connectivity index (χ3v) is 5.72. The van der Waals surface area contributed by atoms with Gasteiger partial charge in [0.15, 0.2) is 11.4 Å². The van der Waals surface area contributed by atoms with Gasteiger partial charge in [-0.15, -0.1) is 0 Å². The number of Topliss-reactive ketones (excluding diaryl/α,β-unsaturated/α-hetero) is 1. The van der Waals surface area contributed by atoms with Gasteiger partial charge in [-0.05, 0) is 55.3 Å². The molecule has 1 amide bonds. The number of benzene rings is 2. The highest BCUT2D eigenvalue weighted by atomic mass is 19.1. The Kier molecular flexibility index (Phi) is 5.12. The van der Waals surface area contributed by atoms with Crippen molar-refractivity contribution in [2.24, 2.45) is 0 Å². The molecule has 1 unspecified atom stereocenters. The predicted molar refractivity (Wildman–Crippen MR) is 120 cm³/mol. The number of fused-ring (bicyclic) bond motifs is 2. The first-order valence-corrected chi connectivity index (χ1v) is 10.6. The van der Waals surface area contributed by atoms with E-state index in [-0.39, 0.29) is 24.3 Å². The van der Waals surface area contributed by atoms with Crippen molar-refractivity contribution in [2.45, 2.75) is 26.4 Å². The quantitative estimate of drug-likeness (QED) is 0.474. The zero-order valence-corrected chi connectivity index (χ0v) is 18.1. The first kappa shape index (κ1) is 20.8. The molecule has 0 bridgehead atoms. The fourth-order valence-corrected chi connectivity index (χ4v) is 4.15. The molecule has 33 heavy (non-hydrogen) atoms. The maximum absolute atomic E-state index is 14.7. The molecule has 2 aromatic heterocycles. The minimum atomic E-state index is -0.422. The number of halogens is 1. The lowest BCUT2D eigenvalue weighted by atomic mass is 9.95. The summed E-state index contributed by atoms with van der Waals surface area (Å²) < 4.78 is 22.4. The van der Waals surface area contributed by atoms with Crippen LogP contribution in [0, 0.1) is 12.7 Å². The number of ketones is 1. The van der Waals surface area contributed by atoms with Crippen LogP contribution in [0.5, 0.6) is 5.75 Å². The van der Waals surface area contributed by atoms with Crippen LogP contribution in [0.3, 0.4) is 0 Å². The van der Waals surface area contributed by atoms with Gasteiger partial charge in [0, 0.05) is 35.5 Å². The number of nitrogens with zero attached hydrogens (tertiary/aromatic N) is 3. The molecule has 1 aliphatic rings. The van der Waals surface area contributed by atoms with Crippen molar-refractivity contribution < 1.29 is 18.7 Å². The molecule has 8 heteroatoms. The summed E-state index contributed by atoms with van der Waals surface area (Å²) in [5.74, 6) is -0.269. The lowest BCUT2D eigenvalue weighted by molar-refractivity contribution is 0.0934. The van der Waals surface area contributed by atoms with Crippen molar-refractivity contribution in [3.8, 4) is 16.9 Å². The van der Waals surface area contributed by atoms with Gasteiger partial charge in [0.1, 0.15) is 23.2 Å². The fourth-order valence-electron chi connectivity index (χ4n) is 4.15. The Balaban J connectivity index is 1.37. The third kappa shape index (κ3) is 3.84. The Morgan fingerprint density at radius 2 is 2.09 bits per heavy atom. The first-order chi connectivity index (χ1) is 15.9. The second kappa shape index (κ2) is 8.12. The number of aromatic nitrogens is 3. The van der Waals surface area contributed by atoms with Crippen LogP contribution >= 0.6 is 0 Å². The number of rotatable bonds is 5. The van der Waals surface area contributed by atoms with Gasteiger partial charge >= 0.3 is 0 Å². The van der Waals surface area contributed by atoms with E-state index in [4.69, 9.17) is 4.74 Å². The van der Waals surface area contributed by atoms with Crippen LogP contribution in [-0.4, -0.2) is 38.9 Å². The molecule has 0 saturated heterocycles. The Morgan fingerprint density at radius 3 is 2.91 bits per heavy atom. The Morgan fingerprint density at radius 1 is 1.24 bits per heavy atom. The van der Waals surface area contributed by atoms with Gasteiger partial charge in [-0.3, -0.25) is 9.59 Å². The second-order valence-corrected chi connectivity index (χ2v) is 8.15. The van der Waals surface area contributed by atoms with Crippen LogP contribution in [0.4, 0.5) is 4.39 Å². The van der Waals surface area contributed by atoms with Crippen LogP contribution in [0.15, 0.2) is 55.0 Å². The van der Waals surface area contributed by atoms with Crippen LogP contribution in [-0.2, 0) is 6.42 Å². The summed E-state index contributed by atoms with van der Waals surface area (Å²) in [6, 6.07) is 9.93. The van der Waals surface area contributed by atoms with Crippen LogP contribution in [0.1, 0.15) is 38.8 Å². The molecular weight excluding hydrogens is 423 g/mol. The Bertz CT molecular complexity index is 1410. The normalized spacial score (nSPS) is 14.7. The number of hydrogen-bond donors (Lipinski definition) is 1. The van der Waals surface area contributed by atoms with Gasteiger partial charge in [0.05, 0.1) is 12.7 Å². The lowest BCUT2D eigenvalue weighted by Crippen LogP contribution is -2.34. The summed E-state index contributed by atoms with van der Waals surface area (Å²) in [4.78, 5) is 28.7. The smallest absolute Gasteiger partial charge is 0.256 e. The molecule has 1 N–H and O–H groups in total. The highest BCUT2D eigenvalue weighted by molar-refractivity contribution is 5.99. The van der Waals surface area contributed by atoms with Gasteiger partial charge in [0.2, 0.25) is 0 Å². The summed E-state index contributed by atoms with van der Waals surface area (Å²) >= 11 is 0. The average molecular weight is 444 g/mol. The van der Waals surface area contributed by atoms with E-state index in [0.717, 1.165) is 11.1 Å². The Hall–Kier alpha value is -4.07. The minimum Gasteiger partial charge on any atom is -0.487 e. The molecule has 0 saturated carbocycles. The van der Waals surface area contributed by atoms with Crippen molar-refractivity contribution in [1.29, 1.82) is 0 Å². The molecule has 7 nitrogen and oxygen atoms in total. The first-order valence-electron chi connectivity index (χ1n) is 10.6. The monoisotopic (exact) mass is 444 g/mol. The third-order valence-electron chi connectivity index (χ3n) is 5.72. The number of carbonyl (C=O) groups is 2. The van der Waals surface area contributed by atoms with Gasteiger partial charge in [0.25, 0.3) is 5.91 Å². The standard InChI is InChI=1S/C25H21FN4O3/c1-14-8-17-10-18(12-28-25(32)21-13-29-30-7-3-6-27-24(21)30)33-23(17)20(9-14)19-11-16(15(2)31)4-5-22(19)26/h3-9,11,13,18H,10,12H2,1-2H3,(H,28,32). The van der Waals surface area contributed by atoms with E-state index < -0.39 is 5.82 Å². The molecule has 4 aromatic rings. The highest BCUT2D eigenvalue weighted by Crippen LogP contribution is 2.41. The summed E-state index contributed by atoms with van der Waals surface area (Å²) in [6.07, 6.45) is 5.08. The van der Waals surface area contributed by atoms with E-state index in [1.54, 1.807) is 24.5 Å². The summed E-state index contributed by atoms with van der Waals surface area (Å²) in [5.41, 5.74) is 4.12. The van der Waals surface area contributed by atoms with Crippen LogP contribution in [0.2, 0.25) is 0 Å². The lowest BCUT2D eigenvalue weighted by Gasteiger charge is -2.14. The van der Waals surface area contributed by atoms with Crippen molar-refractivity contribution in [1.82, 2.24) is 19.9 Å². The Labute approximate surface area is 189 Å². The topological polar surface area (TPSA) is 85.6 Å². The van der Waals surface area contributed by atoms with E-state index in [1.807, 2.05) is 19.1 Å². The largest absolute Gasteiger partial charge is 0.487 e. The molecular formula is C25H21FN4O3. The number of amides is 1. The van der Waals surface area contributed by atoms with Crippen molar-refractivity contribution in [3.63, 3.8) is 0 Å². The number of hydrogen-bond acceptors (Lipinski definition) is 5. The highest BCUT2D eigenvalue weighted by Gasteiger charge is 2.28. The molecule has 166 valence electrons. The van der Waals surface area contributed by atoms with E-state index >= 15 is 0 Å². The fraction of sp³-hybridized carbons (Fsp3) is 0.200. The van der Waals surface area contributed by atoms with Gasteiger partial charge in [-0.2, -0.15) is 5.10 Å². The molecule has 0 radical (unpaired) electrons. The molecule has 0 fully saturated rings. The SMILES string of the molecule is CC(=O)c1ccc(F)c(-c2cc(C)cc3c2OC(CNC(=O)c2cnn4cccnc24)C3)c1. The molecule has 2 aromatic carbocycles. The molecule has 0 aliphatic carbocycles. The van der Waals surface area contributed by atoms with E-state index in [1.165, 1.54) is 29.8 Å². The summed E-state index contributed by atoms with van der Waals surface area (Å²) in [7, 11) is 0. The minimum absolute atomic E-state index is 0.135. The van der Waals surface area contributed by atoms with E-state index in [9.17, 15) is 14.0 Å². The zero-order chi connectivity index (χ0) is 23.1. The predicted octanol–water partition coefficient (Wildman–Crippen LogP) is 3.78.